The van der Waals surface area contributed by atoms with E-state index in [1.165, 1.54) is 29.1 Å². The van der Waals surface area contributed by atoms with Gasteiger partial charge in [-0.05, 0) is 54.1 Å². The van der Waals surface area contributed by atoms with Crippen LogP contribution in [-0.4, -0.2) is 25.7 Å². The number of hydrogen-bond donors (Lipinski definition) is 2. The van der Waals surface area contributed by atoms with Gasteiger partial charge in [0.05, 0.1) is 22.2 Å². The Morgan fingerprint density at radius 1 is 1.03 bits per heavy atom. The summed E-state index contributed by atoms with van der Waals surface area (Å²) in [5, 5.41) is 18.9. The largest absolute Gasteiger partial charge is 0.508 e. The Hall–Kier alpha value is -4.13. The molecule has 1 aromatic heterocycles. The van der Waals surface area contributed by atoms with Crippen molar-refractivity contribution < 1.29 is 19.7 Å². The number of aromatic hydroxyl groups is 1. The van der Waals surface area contributed by atoms with Gasteiger partial charge in [0.15, 0.2) is 0 Å². The summed E-state index contributed by atoms with van der Waals surface area (Å²) in [6, 6.07) is 17.8. The van der Waals surface area contributed by atoms with Crippen molar-refractivity contribution in [3.05, 3.63) is 94.5 Å². The Labute approximate surface area is 165 Å². The van der Waals surface area contributed by atoms with Gasteiger partial charge < -0.3 is 14.9 Å². The highest BCUT2D eigenvalue weighted by atomic mass is 16.5. The standard InChI is InChI=1S/C22H16N2O5/c25-17-6-4-16(5-7-17)24-13-23-20-11-18(8-9-19(20)21(24)26)29-12-14-2-1-3-15(10-14)22(27)28/h1-11,13,25H,12H2,(H,27,28). The Kier molecular flexibility index (Phi) is 4.70. The topological polar surface area (TPSA) is 102 Å². The monoisotopic (exact) mass is 388 g/mol. The van der Waals surface area contributed by atoms with E-state index < -0.39 is 5.97 Å². The van der Waals surface area contributed by atoms with Gasteiger partial charge in [-0.2, -0.15) is 0 Å². The molecule has 0 aliphatic rings. The summed E-state index contributed by atoms with van der Waals surface area (Å²) in [6.07, 6.45) is 1.43. The van der Waals surface area contributed by atoms with Crippen LogP contribution in [0.15, 0.2) is 77.9 Å². The number of fused-ring (bicyclic) bond motifs is 1. The fourth-order valence-corrected chi connectivity index (χ4v) is 2.95. The molecule has 0 radical (unpaired) electrons. The molecule has 0 aliphatic heterocycles. The van der Waals surface area contributed by atoms with Crippen LogP contribution < -0.4 is 10.3 Å². The summed E-state index contributed by atoms with van der Waals surface area (Å²) in [7, 11) is 0. The molecule has 0 spiro atoms. The lowest BCUT2D eigenvalue weighted by molar-refractivity contribution is 0.0696. The number of ether oxygens (including phenoxy) is 1. The van der Waals surface area contributed by atoms with Crippen LogP contribution in [0.3, 0.4) is 0 Å². The summed E-state index contributed by atoms with van der Waals surface area (Å²) in [5.41, 5.74) is 1.77. The van der Waals surface area contributed by atoms with E-state index in [2.05, 4.69) is 4.98 Å². The zero-order chi connectivity index (χ0) is 20.4. The second-order valence-corrected chi connectivity index (χ2v) is 6.41. The quantitative estimate of drug-likeness (QED) is 0.544. The van der Waals surface area contributed by atoms with Crippen molar-refractivity contribution in [2.24, 2.45) is 0 Å². The molecule has 0 bridgehead atoms. The lowest BCUT2D eigenvalue weighted by Gasteiger charge is -2.09. The second-order valence-electron chi connectivity index (χ2n) is 6.41. The van der Waals surface area contributed by atoms with Crippen LogP contribution in [-0.2, 0) is 6.61 Å². The van der Waals surface area contributed by atoms with Crippen LogP contribution >= 0.6 is 0 Å². The third kappa shape index (κ3) is 3.79. The van der Waals surface area contributed by atoms with E-state index in [-0.39, 0.29) is 23.5 Å². The predicted octanol–water partition coefficient (Wildman–Crippen LogP) is 3.37. The highest BCUT2D eigenvalue weighted by Gasteiger charge is 2.08. The lowest BCUT2D eigenvalue weighted by Crippen LogP contribution is -2.18. The third-order valence-electron chi connectivity index (χ3n) is 4.44. The number of aromatic nitrogens is 2. The number of carboxylic acid groups (broad SMARTS) is 1. The minimum atomic E-state index is -0.994. The Morgan fingerprint density at radius 2 is 1.83 bits per heavy atom. The number of hydrogen-bond acceptors (Lipinski definition) is 5. The molecule has 2 N–H and O–H groups in total. The second kappa shape index (κ2) is 7.47. The van der Waals surface area contributed by atoms with E-state index in [0.717, 1.165) is 5.56 Å². The molecular formula is C22H16N2O5. The average Bonchev–Trinajstić information content (AvgIpc) is 2.73. The highest BCUT2D eigenvalue weighted by molar-refractivity contribution is 5.87. The number of aromatic carboxylic acids is 1. The predicted molar refractivity (Wildman–Crippen MR) is 107 cm³/mol. The smallest absolute Gasteiger partial charge is 0.335 e. The SMILES string of the molecule is O=C(O)c1cccc(COc2ccc3c(=O)n(-c4ccc(O)cc4)cnc3c2)c1. The van der Waals surface area contributed by atoms with Crippen molar-refractivity contribution in [2.75, 3.05) is 0 Å². The first kappa shape index (κ1) is 18.2. The van der Waals surface area contributed by atoms with E-state index in [1.54, 1.807) is 48.5 Å². The molecule has 0 saturated heterocycles. The van der Waals surface area contributed by atoms with Crippen LogP contribution in [0.25, 0.3) is 16.6 Å². The normalized spacial score (nSPS) is 10.8. The molecule has 29 heavy (non-hydrogen) atoms. The molecule has 0 amide bonds. The van der Waals surface area contributed by atoms with Gasteiger partial charge in [-0.25, -0.2) is 9.78 Å². The molecule has 0 fully saturated rings. The first-order valence-electron chi connectivity index (χ1n) is 8.77. The molecule has 0 unspecified atom stereocenters. The fourth-order valence-electron chi connectivity index (χ4n) is 2.95. The van der Waals surface area contributed by atoms with Crippen LogP contribution in [0.1, 0.15) is 15.9 Å². The van der Waals surface area contributed by atoms with Crippen LogP contribution in [0.2, 0.25) is 0 Å². The molecule has 0 atom stereocenters. The highest BCUT2D eigenvalue weighted by Crippen LogP contribution is 2.19. The van der Waals surface area contributed by atoms with E-state index in [0.29, 0.717) is 22.3 Å². The number of carbonyl (C=O) groups is 1. The number of phenols is 1. The van der Waals surface area contributed by atoms with Gasteiger partial charge in [0.25, 0.3) is 5.56 Å². The van der Waals surface area contributed by atoms with Crippen molar-refractivity contribution in [1.29, 1.82) is 0 Å². The maximum atomic E-state index is 12.8. The maximum absolute atomic E-state index is 12.8. The molecular weight excluding hydrogens is 372 g/mol. The molecule has 144 valence electrons. The molecule has 3 aromatic carbocycles. The molecule has 0 saturated carbocycles. The van der Waals surface area contributed by atoms with Crippen molar-refractivity contribution in [3.63, 3.8) is 0 Å². The minimum absolute atomic E-state index is 0.117. The van der Waals surface area contributed by atoms with E-state index in [9.17, 15) is 14.7 Å². The minimum Gasteiger partial charge on any atom is -0.508 e. The maximum Gasteiger partial charge on any atom is 0.335 e. The average molecular weight is 388 g/mol. The van der Waals surface area contributed by atoms with Gasteiger partial charge in [-0.15, -0.1) is 0 Å². The van der Waals surface area contributed by atoms with Crippen LogP contribution in [0.5, 0.6) is 11.5 Å². The van der Waals surface area contributed by atoms with Gasteiger partial charge in [-0.1, -0.05) is 12.1 Å². The van der Waals surface area contributed by atoms with Gasteiger partial charge in [0.1, 0.15) is 24.4 Å². The van der Waals surface area contributed by atoms with Crippen molar-refractivity contribution >= 4 is 16.9 Å². The van der Waals surface area contributed by atoms with Crippen molar-refractivity contribution in [2.45, 2.75) is 6.61 Å². The number of benzene rings is 3. The van der Waals surface area contributed by atoms with Gasteiger partial charge in [0, 0.05) is 6.07 Å². The number of rotatable bonds is 5. The number of phenolic OH excluding ortho intramolecular Hbond substituents is 1. The summed E-state index contributed by atoms with van der Waals surface area (Å²) < 4.78 is 7.14. The molecule has 1 heterocycles. The van der Waals surface area contributed by atoms with Crippen LogP contribution in [0, 0.1) is 0 Å². The summed E-state index contributed by atoms with van der Waals surface area (Å²) in [4.78, 5) is 28.2. The third-order valence-corrected chi connectivity index (χ3v) is 4.44. The van der Waals surface area contributed by atoms with Gasteiger partial charge >= 0.3 is 5.97 Å². The first-order valence-corrected chi connectivity index (χ1v) is 8.77. The lowest BCUT2D eigenvalue weighted by atomic mass is 10.1. The summed E-state index contributed by atoms with van der Waals surface area (Å²) >= 11 is 0. The molecule has 0 aliphatic carbocycles. The molecule has 7 nitrogen and oxygen atoms in total. The number of nitrogens with zero attached hydrogens (tertiary/aromatic N) is 2. The van der Waals surface area contributed by atoms with E-state index in [4.69, 9.17) is 9.84 Å². The zero-order valence-corrected chi connectivity index (χ0v) is 15.1. The van der Waals surface area contributed by atoms with E-state index >= 15 is 0 Å². The van der Waals surface area contributed by atoms with Gasteiger partial charge in [-0.3, -0.25) is 9.36 Å². The molecule has 4 aromatic rings. The van der Waals surface area contributed by atoms with Crippen LogP contribution in [0.4, 0.5) is 0 Å². The van der Waals surface area contributed by atoms with Gasteiger partial charge in [0.2, 0.25) is 0 Å². The van der Waals surface area contributed by atoms with Crippen molar-refractivity contribution in [3.8, 4) is 17.2 Å². The molecule has 7 heteroatoms. The summed E-state index contributed by atoms with van der Waals surface area (Å²) in [6.45, 7) is 0.192. The summed E-state index contributed by atoms with van der Waals surface area (Å²) in [5.74, 6) is -0.356. The Bertz CT molecular complexity index is 1260. The first-order chi connectivity index (χ1) is 14.0. The Balaban J connectivity index is 1.59. The van der Waals surface area contributed by atoms with Crippen molar-refractivity contribution in [1.82, 2.24) is 9.55 Å². The number of carboxylic acids is 1. The zero-order valence-electron chi connectivity index (χ0n) is 15.1. The molecule has 4 rings (SSSR count). The Morgan fingerprint density at radius 3 is 2.59 bits per heavy atom. The fraction of sp³-hybridized carbons (Fsp3) is 0.0455. The van der Waals surface area contributed by atoms with E-state index in [1.807, 2.05) is 0 Å².